The molecule has 1 aromatic rings. The zero-order chi connectivity index (χ0) is 17.0. The van der Waals surface area contributed by atoms with Gasteiger partial charge in [-0.3, -0.25) is 14.8 Å². The summed E-state index contributed by atoms with van der Waals surface area (Å²) in [6, 6.07) is 7.05. The standard InChI is InChI=1S/C17H25N3O3/c1-11-7-9-12(10-8-11)16(21)18-15-13(17(22)19-23)5-4-6-14(15)20(2)3/h7-10,13-15,23H,4-6H2,1-3H3,(H,18,21)(H,19,22). The molecular formula is C17H25N3O3. The average molecular weight is 319 g/mol. The summed E-state index contributed by atoms with van der Waals surface area (Å²) in [6.45, 7) is 1.96. The van der Waals surface area contributed by atoms with Crippen LogP contribution in [-0.2, 0) is 4.79 Å². The van der Waals surface area contributed by atoms with Crippen molar-refractivity contribution in [3.05, 3.63) is 35.4 Å². The van der Waals surface area contributed by atoms with E-state index in [1.54, 1.807) is 17.6 Å². The number of likely N-dealkylation sites (N-methyl/N-ethyl adjacent to an activating group) is 1. The van der Waals surface area contributed by atoms with Crippen LogP contribution in [0.3, 0.4) is 0 Å². The highest BCUT2D eigenvalue weighted by atomic mass is 16.5. The zero-order valence-electron chi connectivity index (χ0n) is 13.9. The van der Waals surface area contributed by atoms with E-state index < -0.39 is 11.8 Å². The molecule has 3 unspecified atom stereocenters. The molecule has 1 saturated carbocycles. The van der Waals surface area contributed by atoms with Gasteiger partial charge >= 0.3 is 0 Å². The maximum atomic E-state index is 12.5. The first kappa shape index (κ1) is 17.4. The minimum absolute atomic E-state index is 0.0560. The highest BCUT2D eigenvalue weighted by molar-refractivity contribution is 5.95. The van der Waals surface area contributed by atoms with Crippen molar-refractivity contribution in [3.8, 4) is 0 Å². The van der Waals surface area contributed by atoms with E-state index in [2.05, 4.69) is 5.32 Å². The van der Waals surface area contributed by atoms with Crippen LogP contribution in [0.2, 0.25) is 0 Å². The summed E-state index contributed by atoms with van der Waals surface area (Å²) in [5.74, 6) is -1.07. The molecule has 6 heteroatoms. The summed E-state index contributed by atoms with van der Waals surface area (Å²) in [5, 5.41) is 12.0. The molecular weight excluding hydrogens is 294 g/mol. The molecule has 0 spiro atoms. The molecule has 1 aromatic carbocycles. The highest BCUT2D eigenvalue weighted by Gasteiger charge is 2.39. The average Bonchev–Trinajstić information content (AvgIpc) is 2.54. The largest absolute Gasteiger partial charge is 0.347 e. The van der Waals surface area contributed by atoms with Crippen LogP contribution in [0.1, 0.15) is 35.2 Å². The third kappa shape index (κ3) is 4.09. The predicted octanol–water partition coefficient (Wildman–Crippen LogP) is 1.33. The molecule has 0 radical (unpaired) electrons. The lowest BCUT2D eigenvalue weighted by atomic mass is 9.79. The molecule has 0 heterocycles. The Morgan fingerprint density at radius 2 is 1.83 bits per heavy atom. The molecule has 0 saturated heterocycles. The zero-order valence-corrected chi connectivity index (χ0v) is 13.9. The first-order valence-corrected chi connectivity index (χ1v) is 7.92. The highest BCUT2D eigenvalue weighted by Crippen LogP contribution is 2.28. The lowest BCUT2D eigenvalue weighted by molar-refractivity contribution is -0.136. The third-order valence-corrected chi connectivity index (χ3v) is 4.58. The monoisotopic (exact) mass is 319 g/mol. The molecule has 0 bridgehead atoms. The number of rotatable bonds is 4. The van der Waals surface area contributed by atoms with Crippen LogP contribution < -0.4 is 10.8 Å². The summed E-state index contributed by atoms with van der Waals surface area (Å²) >= 11 is 0. The maximum Gasteiger partial charge on any atom is 0.251 e. The SMILES string of the molecule is Cc1ccc(C(=O)NC2C(C(=O)NO)CCCC2N(C)C)cc1. The van der Waals surface area contributed by atoms with Crippen LogP contribution in [0, 0.1) is 12.8 Å². The molecule has 126 valence electrons. The Balaban J connectivity index is 2.20. The fourth-order valence-corrected chi connectivity index (χ4v) is 3.27. The van der Waals surface area contributed by atoms with Gasteiger partial charge in [-0.1, -0.05) is 24.1 Å². The van der Waals surface area contributed by atoms with E-state index in [9.17, 15) is 9.59 Å². The van der Waals surface area contributed by atoms with Crippen molar-refractivity contribution in [2.75, 3.05) is 14.1 Å². The number of benzene rings is 1. The topological polar surface area (TPSA) is 81.7 Å². The van der Waals surface area contributed by atoms with Crippen LogP contribution in [0.15, 0.2) is 24.3 Å². The second-order valence-corrected chi connectivity index (χ2v) is 6.41. The minimum Gasteiger partial charge on any atom is -0.347 e. The number of hydrogen-bond donors (Lipinski definition) is 3. The molecule has 3 atom stereocenters. The van der Waals surface area contributed by atoms with Gasteiger partial charge < -0.3 is 10.2 Å². The van der Waals surface area contributed by atoms with Gasteiger partial charge in [0.1, 0.15) is 0 Å². The van der Waals surface area contributed by atoms with Gasteiger partial charge in [0, 0.05) is 11.6 Å². The summed E-state index contributed by atoms with van der Waals surface area (Å²) in [7, 11) is 3.88. The number of aryl methyl sites for hydroxylation is 1. The van der Waals surface area contributed by atoms with Gasteiger partial charge in [0.05, 0.1) is 12.0 Å². The molecule has 6 nitrogen and oxygen atoms in total. The maximum absolute atomic E-state index is 12.5. The van der Waals surface area contributed by atoms with E-state index in [4.69, 9.17) is 5.21 Å². The van der Waals surface area contributed by atoms with Gasteiger partial charge in [0.25, 0.3) is 5.91 Å². The van der Waals surface area contributed by atoms with Gasteiger partial charge in [0.2, 0.25) is 5.91 Å². The summed E-state index contributed by atoms with van der Waals surface area (Å²) in [6.07, 6.45) is 2.44. The molecule has 1 aliphatic carbocycles. The summed E-state index contributed by atoms with van der Waals surface area (Å²) in [5.41, 5.74) is 3.39. The number of nitrogens with one attached hydrogen (secondary N) is 2. The molecule has 1 aliphatic rings. The van der Waals surface area contributed by atoms with Crippen molar-refractivity contribution in [3.63, 3.8) is 0 Å². The van der Waals surface area contributed by atoms with Gasteiger partial charge in [0.15, 0.2) is 0 Å². The van der Waals surface area contributed by atoms with Crippen molar-refractivity contribution in [2.24, 2.45) is 5.92 Å². The van der Waals surface area contributed by atoms with Crippen LogP contribution >= 0.6 is 0 Å². The molecule has 23 heavy (non-hydrogen) atoms. The van der Waals surface area contributed by atoms with E-state index in [1.165, 1.54) is 0 Å². The van der Waals surface area contributed by atoms with Gasteiger partial charge in [-0.2, -0.15) is 0 Å². The minimum atomic E-state index is -0.439. The lowest BCUT2D eigenvalue weighted by Gasteiger charge is -2.40. The van der Waals surface area contributed by atoms with Crippen LogP contribution in [-0.4, -0.2) is 48.1 Å². The van der Waals surface area contributed by atoms with Crippen molar-refractivity contribution >= 4 is 11.8 Å². The Morgan fingerprint density at radius 3 is 2.39 bits per heavy atom. The van der Waals surface area contributed by atoms with E-state index in [0.717, 1.165) is 18.4 Å². The number of carbonyl (C=O) groups is 2. The number of hydroxylamine groups is 1. The van der Waals surface area contributed by atoms with Gasteiger partial charge in [-0.05, 0) is 46.0 Å². The Bertz CT molecular complexity index is 557. The summed E-state index contributed by atoms with van der Waals surface area (Å²) in [4.78, 5) is 26.5. The van der Waals surface area contributed by atoms with Crippen molar-refractivity contribution in [1.82, 2.24) is 15.7 Å². The number of nitrogens with zero attached hydrogens (tertiary/aromatic N) is 1. The van der Waals surface area contributed by atoms with Crippen LogP contribution in [0.5, 0.6) is 0 Å². The van der Waals surface area contributed by atoms with Crippen LogP contribution in [0.25, 0.3) is 0 Å². The summed E-state index contributed by atoms with van der Waals surface area (Å²) < 4.78 is 0. The van der Waals surface area contributed by atoms with E-state index in [0.29, 0.717) is 12.0 Å². The Hall–Kier alpha value is -1.92. The fraction of sp³-hybridized carbons (Fsp3) is 0.529. The van der Waals surface area contributed by atoms with Gasteiger partial charge in [-0.25, -0.2) is 5.48 Å². The number of amides is 2. The second kappa shape index (κ2) is 7.57. The Kier molecular flexibility index (Phi) is 5.74. The lowest BCUT2D eigenvalue weighted by Crippen LogP contribution is -2.58. The normalized spacial score (nSPS) is 24.3. The van der Waals surface area contributed by atoms with Crippen molar-refractivity contribution < 1.29 is 14.8 Å². The smallest absolute Gasteiger partial charge is 0.251 e. The molecule has 3 N–H and O–H groups in total. The first-order valence-electron chi connectivity index (χ1n) is 7.92. The van der Waals surface area contributed by atoms with Crippen LogP contribution in [0.4, 0.5) is 0 Å². The fourth-order valence-electron chi connectivity index (χ4n) is 3.27. The van der Waals surface area contributed by atoms with Crippen molar-refractivity contribution in [2.45, 2.75) is 38.3 Å². The van der Waals surface area contributed by atoms with E-state index >= 15 is 0 Å². The predicted molar refractivity (Wildman–Crippen MR) is 87.2 cm³/mol. The molecule has 2 rings (SSSR count). The third-order valence-electron chi connectivity index (χ3n) is 4.58. The van der Waals surface area contributed by atoms with Gasteiger partial charge in [-0.15, -0.1) is 0 Å². The molecule has 0 aliphatic heterocycles. The van der Waals surface area contributed by atoms with Crippen molar-refractivity contribution in [1.29, 1.82) is 0 Å². The quantitative estimate of drug-likeness (QED) is 0.578. The number of carbonyl (C=O) groups excluding carboxylic acids is 2. The molecule has 2 amide bonds. The molecule has 1 fully saturated rings. The Labute approximate surface area is 136 Å². The van der Waals surface area contributed by atoms with E-state index in [1.807, 2.05) is 38.1 Å². The molecule has 0 aromatic heterocycles. The second-order valence-electron chi connectivity index (χ2n) is 6.41. The Morgan fingerprint density at radius 1 is 1.17 bits per heavy atom. The van der Waals surface area contributed by atoms with E-state index in [-0.39, 0.29) is 18.0 Å². The number of hydrogen-bond acceptors (Lipinski definition) is 4. The first-order chi connectivity index (χ1) is 10.9.